The van der Waals surface area contributed by atoms with Gasteiger partial charge in [0.2, 0.25) is 0 Å². The standard InChI is InChI=1S/C13H15N3O3/c1-9(18)13-12(8-17)14-15-16(13)7-10-3-5-11(19-2)6-4-10/h3-6,17H,7-8H2,1-2H3. The Morgan fingerprint density at radius 2 is 2.05 bits per heavy atom. The third-order valence-corrected chi connectivity index (χ3v) is 2.78. The van der Waals surface area contributed by atoms with E-state index in [0.717, 1.165) is 11.3 Å². The smallest absolute Gasteiger partial charge is 0.179 e. The SMILES string of the molecule is COc1ccc(Cn2nnc(CO)c2C(C)=O)cc1. The summed E-state index contributed by atoms with van der Waals surface area (Å²) in [5.74, 6) is 0.604. The highest BCUT2D eigenvalue weighted by Gasteiger charge is 2.16. The molecule has 0 bridgehead atoms. The highest BCUT2D eigenvalue weighted by atomic mass is 16.5. The second kappa shape index (κ2) is 5.62. The maximum absolute atomic E-state index is 11.6. The van der Waals surface area contributed by atoms with Gasteiger partial charge >= 0.3 is 0 Å². The predicted octanol–water partition coefficient (Wildman–Crippen LogP) is 1.03. The number of carbonyl (C=O) groups excluding carboxylic acids is 1. The summed E-state index contributed by atoms with van der Waals surface area (Å²) in [5.41, 5.74) is 1.62. The van der Waals surface area contributed by atoms with Gasteiger partial charge in [0.25, 0.3) is 0 Å². The number of aromatic nitrogens is 3. The average Bonchev–Trinajstić information content (AvgIpc) is 2.82. The van der Waals surface area contributed by atoms with Gasteiger partial charge in [0, 0.05) is 6.92 Å². The van der Waals surface area contributed by atoms with E-state index in [0.29, 0.717) is 17.9 Å². The zero-order valence-corrected chi connectivity index (χ0v) is 10.8. The van der Waals surface area contributed by atoms with E-state index in [2.05, 4.69) is 10.3 Å². The quantitative estimate of drug-likeness (QED) is 0.813. The lowest BCUT2D eigenvalue weighted by Gasteiger charge is -2.06. The number of benzene rings is 1. The Balaban J connectivity index is 2.27. The number of ketones is 1. The van der Waals surface area contributed by atoms with Gasteiger partial charge in [0.05, 0.1) is 20.3 Å². The van der Waals surface area contributed by atoms with E-state index in [9.17, 15) is 4.79 Å². The lowest BCUT2D eigenvalue weighted by molar-refractivity contribution is 0.100. The van der Waals surface area contributed by atoms with Crippen LogP contribution in [0.3, 0.4) is 0 Å². The van der Waals surface area contributed by atoms with Gasteiger partial charge in [0.1, 0.15) is 17.1 Å². The molecule has 2 rings (SSSR count). The molecule has 1 aromatic carbocycles. The molecule has 0 unspecified atom stereocenters. The van der Waals surface area contributed by atoms with Crippen LogP contribution in [0, 0.1) is 0 Å². The van der Waals surface area contributed by atoms with Crippen LogP contribution in [-0.4, -0.2) is 33.0 Å². The van der Waals surface area contributed by atoms with E-state index in [1.54, 1.807) is 7.11 Å². The topological polar surface area (TPSA) is 77.2 Å². The van der Waals surface area contributed by atoms with Crippen molar-refractivity contribution in [1.29, 1.82) is 0 Å². The second-order valence-electron chi connectivity index (χ2n) is 4.10. The number of hydrogen-bond acceptors (Lipinski definition) is 5. The number of hydrogen-bond donors (Lipinski definition) is 1. The van der Waals surface area contributed by atoms with Crippen LogP contribution >= 0.6 is 0 Å². The molecule has 0 aliphatic rings. The molecule has 100 valence electrons. The Morgan fingerprint density at radius 3 is 2.58 bits per heavy atom. The van der Waals surface area contributed by atoms with E-state index in [1.807, 2.05) is 24.3 Å². The molecule has 0 saturated carbocycles. The molecule has 0 atom stereocenters. The summed E-state index contributed by atoms with van der Waals surface area (Å²) in [5, 5.41) is 16.8. The number of nitrogens with zero attached hydrogens (tertiary/aromatic N) is 3. The third kappa shape index (κ3) is 2.79. The lowest BCUT2D eigenvalue weighted by Crippen LogP contribution is -2.11. The summed E-state index contributed by atoms with van der Waals surface area (Å²) < 4.78 is 6.58. The molecule has 19 heavy (non-hydrogen) atoms. The fourth-order valence-corrected chi connectivity index (χ4v) is 1.86. The normalized spacial score (nSPS) is 10.5. The van der Waals surface area contributed by atoms with Gasteiger partial charge in [-0.2, -0.15) is 0 Å². The first-order valence-corrected chi connectivity index (χ1v) is 5.82. The van der Waals surface area contributed by atoms with E-state index in [4.69, 9.17) is 9.84 Å². The van der Waals surface area contributed by atoms with E-state index in [1.165, 1.54) is 11.6 Å². The highest BCUT2D eigenvalue weighted by molar-refractivity contribution is 5.93. The molecular weight excluding hydrogens is 246 g/mol. The van der Waals surface area contributed by atoms with Crippen LogP contribution in [0.1, 0.15) is 28.7 Å². The van der Waals surface area contributed by atoms with E-state index >= 15 is 0 Å². The molecule has 0 aliphatic carbocycles. The molecular formula is C13H15N3O3. The lowest BCUT2D eigenvalue weighted by atomic mass is 10.2. The van der Waals surface area contributed by atoms with Crippen LogP contribution in [0.5, 0.6) is 5.75 Å². The van der Waals surface area contributed by atoms with Crippen LogP contribution < -0.4 is 4.74 Å². The van der Waals surface area contributed by atoms with Gasteiger partial charge in [-0.3, -0.25) is 4.79 Å². The van der Waals surface area contributed by atoms with Gasteiger partial charge < -0.3 is 9.84 Å². The number of methoxy groups -OCH3 is 1. The zero-order valence-electron chi connectivity index (χ0n) is 10.8. The van der Waals surface area contributed by atoms with Crippen LogP contribution in [0.15, 0.2) is 24.3 Å². The third-order valence-electron chi connectivity index (χ3n) is 2.78. The molecule has 0 aliphatic heterocycles. The van der Waals surface area contributed by atoms with Gasteiger partial charge in [-0.05, 0) is 17.7 Å². The molecule has 1 N–H and O–H groups in total. The van der Waals surface area contributed by atoms with Gasteiger partial charge in [0.15, 0.2) is 5.78 Å². The van der Waals surface area contributed by atoms with Crippen LogP contribution in [0.25, 0.3) is 0 Å². The Hall–Kier alpha value is -2.21. The number of carbonyl (C=O) groups is 1. The molecule has 0 saturated heterocycles. The van der Waals surface area contributed by atoms with E-state index in [-0.39, 0.29) is 12.4 Å². The van der Waals surface area contributed by atoms with Crippen molar-refractivity contribution < 1.29 is 14.6 Å². The van der Waals surface area contributed by atoms with Crippen molar-refractivity contribution in [2.24, 2.45) is 0 Å². The molecule has 0 radical (unpaired) electrons. The minimum atomic E-state index is -0.294. The number of rotatable bonds is 5. The minimum Gasteiger partial charge on any atom is -0.497 e. The molecule has 0 fully saturated rings. The number of ether oxygens (including phenoxy) is 1. The fraction of sp³-hybridized carbons (Fsp3) is 0.308. The average molecular weight is 261 g/mol. The Labute approximate surface area is 110 Å². The first-order valence-electron chi connectivity index (χ1n) is 5.82. The first kappa shape index (κ1) is 13.2. The van der Waals surface area contributed by atoms with Crippen molar-refractivity contribution in [3.8, 4) is 5.75 Å². The predicted molar refractivity (Wildman–Crippen MR) is 68.0 cm³/mol. The number of Topliss-reactive ketones (excluding diaryl/α,β-unsaturated/α-hetero) is 1. The summed E-state index contributed by atoms with van der Waals surface area (Å²) in [6.07, 6.45) is 0. The van der Waals surface area contributed by atoms with Gasteiger partial charge in [-0.25, -0.2) is 4.68 Å². The van der Waals surface area contributed by atoms with Crippen molar-refractivity contribution in [3.63, 3.8) is 0 Å². The number of aliphatic hydroxyl groups excluding tert-OH is 1. The van der Waals surface area contributed by atoms with Crippen molar-refractivity contribution >= 4 is 5.78 Å². The Bertz CT molecular complexity index is 575. The summed E-state index contributed by atoms with van der Waals surface area (Å²) in [6.45, 7) is 1.56. The summed E-state index contributed by atoms with van der Waals surface area (Å²) in [6, 6.07) is 7.46. The highest BCUT2D eigenvalue weighted by Crippen LogP contribution is 2.14. The Morgan fingerprint density at radius 1 is 1.37 bits per heavy atom. The van der Waals surface area contributed by atoms with Crippen molar-refractivity contribution in [1.82, 2.24) is 15.0 Å². The summed E-state index contributed by atoms with van der Waals surface area (Å²) in [7, 11) is 1.60. The first-order chi connectivity index (χ1) is 9.15. The molecule has 2 aromatic rings. The summed E-state index contributed by atoms with van der Waals surface area (Å²) >= 11 is 0. The van der Waals surface area contributed by atoms with Crippen LogP contribution in [0.4, 0.5) is 0 Å². The molecule has 1 aromatic heterocycles. The van der Waals surface area contributed by atoms with E-state index < -0.39 is 0 Å². The number of aliphatic hydroxyl groups is 1. The van der Waals surface area contributed by atoms with Gasteiger partial charge in [-0.15, -0.1) is 5.10 Å². The minimum absolute atomic E-state index is 0.164. The largest absolute Gasteiger partial charge is 0.497 e. The zero-order chi connectivity index (χ0) is 13.8. The maximum Gasteiger partial charge on any atom is 0.179 e. The monoisotopic (exact) mass is 261 g/mol. The molecule has 1 heterocycles. The maximum atomic E-state index is 11.6. The van der Waals surface area contributed by atoms with Crippen LogP contribution in [0.2, 0.25) is 0 Å². The van der Waals surface area contributed by atoms with Crippen molar-refractivity contribution in [2.75, 3.05) is 7.11 Å². The van der Waals surface area contributed by atoms with Crippen molar-refractivity contribution in [3.05, 3.63) is 41.2 Å². The second-order valence-corrected chi connectivity index (χ2v) is 4.10. The summed E-state index contributed by atoms with van der Waals surface area (Å²) in [4.78, 5) is 11.6. The molecule has 0 amide bonds. The molecule has 6 heteroatoms. The fourth-order valence-electron chi connectivity index (χ4n) is 1.86. The van der Waals surface area contributed by atoms with Crippen molar-refractivity contribution in [2.45, 2.75) is 20.1 Å². The van der Waals surface area contributed by atoms with Crippen LogP contribution in [-0.2, 0) is 13.2 Å². The molecule has 6 nitrogen and oxygen atoms in total. The Kier molecular flexibility index (Phi) is 3.91. The van der Waals surface area contributed by atoms with Gasteiger partial charge in [-0.1, -0.05) is 17.3 Å². The molecule has 0 spiro atoms.